The highest BCUT2D eigenvalue weighted by molar-refractivity contribution is 5.25. The van der Waals surface area contributed by atoms with Gasteiger partial charge in [-0.2, -0.15) is 0 Å². The summed E-state index contributed by atoms with van der Waals surface area (Å²) in [6, 6.07) is 19.6. The molecule has 0 aliphatic carbocycles. The van der Waals surface area contributed by atoms with Crippen LogP contribution in [0.3, 0.4) is 0 Å². The van der Waals surface area contributed by atoms with Crippen LogP contribution in [0.1, 0.15) is 36.0 Å². The van der Waals surface area contributed by atoms with Crippen molar-refractivity contribution in [3.63, 3.8) is 0 Å². The van der Waals surface area contributed by atoms with Crippen molar-refractivity contribution in [2.45, 2.75) is 45.1 Å². The molecule has 0 amide bonds. The van der Waals surface area contributed by atoms with E-state index >= 15 is 0 Å². The molecular weight excluding hydrogens is 242 g/mol. The largest absolute Gasteiger partial charge is 0.328 e. The lowest BCUT2D eigenvalue weighted by Gasteiger charge is -2.12. The van der Waals surface area contributed by atoms with E-state index in [0.29, 0.717) is 6.04 Å². The smallest absolute Gasteiger partial charge is 0.00421 e. The Labute approximate surface area is 122 Å². The molecule has 2 aromatic rings. The zero-order chi connectivity index (χ0) is 14.2. The molecule has 0 spiro atoms. The summed E-state index contributed by atoms with van der Waals surface area (Å²) in [7, 11) is 0. The molecule has 0 radical (unpaired) electrons. The van der Waals surface area contributed by atoms with Gasteiger partial charge in [-0.15, -0.1) is 0 Å². The van der Waals surface area contributed by atoms with Gasteiger partial charge in [-0.1, -0.05) is 54.6 Å². The Morgan fingerprint density at radius 2 is 1.55 bits per heavy atom. The van der Waals surface area contributed by atoms with Gasteiger partial charge in [-0.05, 0) is 55.7 Å². The first kappa shape index (κ1) is 14.8. The van der Waals surface area contributed by atoms with Gasteiger partial charge in [0, 0.05) is 6.04 Å². The SMILES string of the molecule is Cc1ccccc1CCC(N)CCCc1ccccc1. The zero-order valence-corrected chi connectivity index (χ0v) is 12.4. The quantitative estimate of drug-likeness (QED) is 0.796. The van der Waals surface area contributed by atoms with Gasteiger partial charge in [0.25, 0.3) is 0 Å². The average molecular weight is 267 g/mol. The van der Waals surface area contributed by atoms with Gasteiger partial charge in [-0.3, -0.25) is 0 Å². The van der Waals surface area contributed by atoms with Gasteiger partial charge in [0.1, 0.15) is 0 Å². The molecule has 1 nitrogen and oxygen atoms in total. The zero-order valence-electron chi connectivity index (χ0n) is 12.4. The van der Waals surface area contributed by atoms with E-state index in [1.165, 1.54) is 23.1 Å². The normalized spacial score (nSPS) is 12.3. The minimum atomic E-state index is 0.318. The third-order valence-electron chi connectivity index (χ3n) is 3.93. The molecule has 2 aromatic carbocycles. The van der Waals surface area contributed by atoms with Crippen LogP contribution in [0.2, 0.25) is 0 Å². The molecule has 0 aliphatic heterocycles. The molecule has 1 atom stereocenters. The van der Waals surface area contributed by atoms with Crippen molar-refractivity contribution in [3.05, 3.63) is 71.3 Å². The van der Waals surface area contributed by atoms with Crippen LogP contribution in [-0.4, -0.2) is 6.04 Å². The fraction of sp³-hybridized carbons (Fsp3) is 0.368. The Morgan fingerprint density at radius 3 is 2.30 bits per heavy atom. The Morgan fingerprint density at radius 1 is 0.850 bits per heavy atom. The molecule has 0 heterocycles. The van der Waals surface area contributed by atoms with Crippen molar-refractivity contribution >= 4 is 0 Å². The van der Waals surface area contributed by atoms with Crippen LogP contribution in [0, 0.1) is 6.92 Å². The van der Waals surface area contributed by atoms with E-state index in [0.717, 1.165) is 25.7 Å². The number of rotatable bonds is 7. The van der Waals surface area contributed by atoms with Crippen LogP contribution in [0.15, 0.2) is 54.6 Å². The van der Waals surface area contributed by atoms with Crippen molar-refractivity contribution < 1.29 is 0 Å². The molecule has 0 fully saturated rings. The van der Waals surface area contributed by atoms with E-state index < -0.39 is 0 Å². The van der Waals surface area contributed by atoms with E-state index in [2.05, 4.69) is 61.5 Å². The summed E-state index contributed by atoms with van der Waals surface area (Å²) in [6.45, 7) is 2.18. The molecule has 1 unspecified atom stereocenters. The first-order valence-electron chi connectivity index (χ1n) is 7.59. The first-order chi connectivity index (χ1) is 9.75. The summed E-state index contributed by atoms with van der Waals surface area (Å²) in [5, 5.41) is 0. The fourth-order valence-corrected chi connectivity index (χ4v) is 2.59. The van der Waals surface area contributed by atoms with Gasteiger partial charge < -0.3 is 5.73 Å². The van der Waals surface area contributed by atoms with Gasteiger partial charge in [-0.25, -0.2) is 0 Å². The monoisotopic (exact) mass is 267 g/mol. The highest BCUT2D eigenvalue weighted by atomic mass is 14.6. The second-order valence-corrected chi connectivity index (χ2v) is 5.60. The fourth-order valence-electron chi connectivity index (χ4n) is 2.59. The second-order valence-electron chi connectivity index (χ2n) is 5.60. The van der Waals surface area contributed by atoms with Crippen LogP contribution in [-0.2, 0) is 12.8 Å². The third-order valence-corrected chi connectivity index (χ3v) is 3.93. The molecule has 0 bridgehead atoms. The topological polar surface area (TPSA) is 26.0 Å². The maximum Gasteiger partial charge on any atom is 0.00421 e. The maximum absolute atomic E-state index is 6.24. The lowest BCUT2D eigenvalue weighted by Crippen LogP contribution is -2.20. The van der Waals surface area contributed by atoms with Crippen molar-refractivity contribution in [3.8, 4) is 0 Å². The molecule has 2 N–H and O–H groups in total. The standard InChI is InChI=1S/C19H25N/c1-16-8-5-6-12-18(16)14-15-19(20)13-7-11-17-9-3-2-4-10-17/h2-6,8-10,12,19H,7,11,13-15,20H2,1H3. The van der Waals surface area contributed by atoms with Crippen LogP contribution in [0.4, 0.5) is 0 Å². The van der Waals surface area contributed by atoms with E-state index in [1.54, 1.807) is 0 Å². The molecule has 106 valence electrons. The summed E-state index contributed by atoms with van der Waals surface area (Å²) in [4.78, 5) is 0. The van der Waals surface area contributed by atoms with Crippen LogP contribution >= 0.6 is 0 Å². The van der Waals surface area contributed by atoms with Gasteiger partial charge in [0.05, 0.1) is 0 Å². The molecule has 0 saturated carbocycles. The van der Waals surface area contributed by atoms with Crippen molar-refractivity contribution in [2.24, 2.45) is 5.73 Å². The Hall–Kier alpha value is -1.60. The number of benzene rings is 2. The van der Waals surface area contributed by atoms with E-state index in [9.17, 15) is 0 Å². The van der Waals surface area contributed by atoms with Crippen molar-refractivity contribution in [2.75, 3.05) is 0 Å². The number of hydrogen-bond acceptors (Lipinski definition) is 1. The van der Waals surface area contributed by atoms with Crippen LogP contribution in [0.5, 0.6) is 0 Å². The minimum absolute atomic E-state index is 0.318. The molecule has 20 heavy (non-hydrogen) atoms. The first-order valence-corrected chi connectivity index (χ1v) is 7.59. The lowest BCUT2D eigenvalue weighted by molar-refractivity contribution is 0.545. The molecular formula is C19H25N. The highest BCUT2D eigenvalue weighted by Gasteiger charge is 2.05. The summed E-state index contributed by atoms with van der Waals surface area (Å²) in [5.74, 6) is 0. The minimum Gasteiger partial charge on any atom is -0.328 e. The molecule has 0 saturated heterocycles. The average Bonchev–Trinajstić information content (AvgIpc) is 2.47. The Bertz CT molecular complexity index is 504. The van der Waals surface area contributed by atoms with Crippen LogP contribution in [0.25, 0.3) is 0 Å². The van der Waals surface area contributed by atoms with Gasteiger partial charge >= 0.3 is 0 Å². The van der Waals surface area contributed by atoms with Crippen molar-refractivity contribution in [1.29, 1.82) is 0 Å². The predicted molar refractivity (Wildman–Crippen MR) is 86.9 cm³/mol. The van der Waals surface area contributed by atoms with Crippen molar-refractivity contribution in [1.82, 2.24) is 0 Å². The number of hydrogen-bond donors (Lipinski definition) is 1. The van der Waals surface area contributed by atoms with E-state index in [1.807, 2.05) is 0 Å². The maximum atomic E-state index is 6.24. The lowest BCUT2D eigenvalue weighted by atomic mass is 9.98. The molecule has 0 aromatic heterocycles. The second kappa shape index (κ2) is 7.86. The van der Waals surface area contributed by atoms with Crippen LogP contribution < -0.4 is 5.73 Å². The van der Waals surface area contributed by atoms with Gasteiger partial charge in [0.15, 0.2) is 0 Å². The highest BCUT2D eigenvalue weighted by Crippen LogP contribution is 2.13. The Kier molecular flexibility index (Phi) is 5.82. The summed E-state index contributed by atoms with van der Waals surface area (Å²) < 4.78 is 0. The summed E-state index contributed by atoms with van der Waals surface area (Å²) in [5.41, 5.74) is 10.5. The van der Waals surface area contributed by atoms with Gasteiger partial charge in [0.2, 0.25) is 0 Å². The molecule has 1 heteroatoms. The number of nitrogens with two attached hydrogens (primary N) is 1. The van der Waals surface area contributed by atoms with E-state index in [4.69, 9.17) is 5.73 Å². The molecule has 2 rings (SSSR count). The van der Waals surface area contributed by atoms with E-state index in [-0.39, 0.29) is 0 Å². The third kappa shape index (κ3) is 4.82. The number of aryl methyl sites for hydroxylation is 3. The summed E-state index contributed by atoms with van der Waals surface area (Å²) in [6.07, 6.45) is 5.61. The Balaban J connectivity index is 1.68. The summed E-state index contributed by atoms with van der Waals surface area (Å²) >= 11 is 0. The predicted octanol–water partition coefficient (Wildman–Crippen LogP) is 4.28. The molecule has 0 aliphatic rings.